The van der Waals surface area contributed by atoms with Crippen LogP contribution in [0.15, 0.2) is 88.2 Å². The second-order valence-electron chi connectivity index (χ2n) is 7.89. The van der Waals surface area contributed by atoms with E-state index in [4.69, 9.17) is 8.83 Å². The van der Waals surface area contributed by atoms with Crippen LogP contribution in [0.1, 0.15) is 0 Å². The maximum atomic E-state index is 6.33. The highest BCUT2D eigenvalue weighted by molar-refractivity contribution is 6.32. The Morgan fingerprint density at radius 3 is 2.39 bits per heavy atom. The smallest absolute Gasteiger partial charge is 0.145 e. The van der Waals surface area contributed by atoms with Gasteiger partial charge in [-0.1, -0.05) is 18.2 Å². The highest BCUT2D eigenvalue weighted by atomic mass is 16.3. The molecule has 0 fully saturated rings. The van der Waals surface area contributed by atoms with Gasteiger partial charge in [-0.3, -0.25) is 9.38 Å². The molecule has 0 atom stereocenters. The number of benzene rings is 3. The van der Waals surface area contributed by atoms with Crippen LogP contribution in [0.5, 0.6) is 0 Å². The Morgan fingerprint density at radius 1 is 0.613 bits per heavy atom. The molecule has 3 aromatic carbocycles. The lowest BCUT2D eigenvalue weighted by atomic mass is 10.0. The first-order valence-corrected chi connectivity index (χ1v) is 10.2. The summed E-state index contributed by atoms with van der Waals surface area (Å²) in [4.78, 5) is 9.05. The first kappa shape index (κ1) is 15.5. The van der Waals surface area contributed by atoms with Crippen molar-refractivity contribution in [3.8, 4) is 0 Å². The lowest BCUT2D eigenvalue weighted by molar-refractivity contribution is 0.663. The van der Waals surface area contributed by atoms with Crippen LogP contribution in [0.3, 0.4) is 0 Å². The van der Waals surface area contributed by atoms with Crippen LogP contribution in [0, 0.1) is 0 Å². The highest BCUT2D eigenvalue weighted by Gasteiger charge is 2.20. The van der Waals surface area contributed by atoms with E-state index in [1.165, 1.54) is 0 Å². The molecule has 0 aliphatic rings. The highest BCUT2D eigenvalue weighted by Crippen LogP contribution is 2.43. The van der Waals surface area contributed by atoms with Gasteiger partial charge in [0.25, 0.3) is 0 Å². The van der Waals surface area contributed by atoms with Gasteiger partial charge in [-0.15, -0.1) is 0 Å². The number of para-hydroxylation sites is 1. The molecule has 0 spiro atoms. The third kappa shape index (κ3) is 1.78. The molecule has 0 saturated carbocycles. The molecule has 8 rings (SSSR count). The van der Waals surface area contributed by atoms with Crippen molar-refractivity contribution < 1.29 is 8.83 Å². The number of fused-ring (bicyclic) bond motifs is 14. The molecule has 0 saturated heterocycles. The summed E-state index contributed by atoms with van der Waals surface area (Å²) in [6, 6.07) is 18.4. The van der Waals surface area contributed by atoms with E-state index >= 15 is 0 Å². The average Bonchev–Trinajstić information content (AvgIpc) is 3.53. The lowest BCUT2D eigenvalue weighted by Gasteiger charge is -2.09. The molecule has 0 aliphatic heterocycles. The minimum Gasteiger partial charge on any atom is -0.456 e. The number of nitrogens with zero attached hydrogens (tertiary/aromatic N) is 3. The number of aromatic nitrogens is 3. The fourth-order valence-electron chi connectivity index (χ4n) is 5.10. The van der Waals surface area contributed by atoms with Crippen molar-refractivity contribution in [2.75, 3.05) is 0 Å². The average molecular weight is 399 g/mol. The van der Waals surface area contributed by atoms with Gasteiger partial charge in [-0.05, 0) is 36.4 Å². The van der Waals surface area contributed by atoms with E-state index in [0.717, 1.165) is 71.2 Å². The summed E-state index contributed by atoms with van der Waals surface area (Å²) in [7, 11) is 0. The zero-order valence-electron chi connectivity index (χ0n) is 16.2. The minimum absolute atomic E-state index is 0.846. The zero-order valence-corrected chi connectivity index (χ0v) is 16.2. The van der Waals surface area contributed by atoms with Crippen LogP contribution >= 0.6 is 0 Å². The first-order chi connectivity index (χ1) is 15.4. The van der Waals surface area contributed by atoms with Gasteiger partial charge in [0.15, 0.2) is 0 Å². The molecule has 0 amide bonds. The molecule has 8 aromatic rings. The van der Waals surface area contributed by atoms with Gasteiger partial charge >= 0.3 is 0 Å². The fraction of sp³-hybridized carbons (Fsp3) is 0. The van der Waals surface area contributed by atoms with E-state index in [0.29, 0.717) is 0 Å². The molecule has 5 heteroatoms. The number of hydrogen-bond acceptors (Lipinski definition) is 4. The van der Waals surface area contributed by atoms with Gasteiger partial charge in [0, 0.05) is 57.1 Å². The molecule has 5 aromatic heterocycles. The van der Waals surface area contributed by atoms with Gasteiger partial charge in [-0.2, -0.15) is 0 Å². The number of imidazole rings is 1. The molecule has 0 N–H and O–H groups in total. The van der Waals surface area contributed by atoms with Gasteiger partial charge in [0.1, 0.15) is 28.0 Å². The van der Waals surface area contributed by atoms with Gasteiger partial charge in [0.2, 0.25) is 0 Å². The maximum absolute atomic E-state index is 6.33. The van der Waals surface area contributed by atoms with E-state index < -0.39 is 0 Å². The third-order valence-corrected chi connectivity index (χ3v) is 6.35. The summed E-state index contributed by atoms with van der Waals surface area (Å²) in [5.41, 5.74) is 5.41. The van der Waals surface area contributed by atoms with Crippen molar-refractivity contribution in [3.63, 3.8) is 0 Å². The van der Waals surface area contributed by atoms with Crippen LogP contribution in [0.25, 0.3) is 71.2 Å². The van der Waals surface area contributed by atoms with Crippen molar-refractivity contribution in [2.45, 2.75) is 0 Å². The summed E-state index contributed by atoms with van der Waals surface area (Å²) < 4.78 is 14.7. The normalized spacial score (nSPS) is 12.5. The predicted octanol–water partition coefficient (Wildman–Crippen LogP) is 6.83. The van der Waals surface area contributed by atoms with Crippen molar-refractivity contribution in [3.05, 3.63) is 79.4 Å². The Kier molecular flexibility index (Phi) is 2.60. The van der Waals surface area contributed by atoms with E-state index in [9.17, 15) is 0 Å². The summed E-state index contributed by atoms with van der Waals surface area (Å²) >= 11 is 0. The molecular weight excluding hydrogens is 386 g/mol. The molecule has 0 unspecified atom stereocenters. The molecular formula is C26H13N3O2. The van der Waals surface area contributed by atoms with Gasteiger partial charge in [-0.25, -0.2) is 4.98 Å². The number of rotatable bonds is 0. The zero-order chi connectivity index (χ0) is 20.1. The third-order valence-electron chi connectivity index (χ3n) is 6.35. The number of pyridine rings is 2. The Bertz CT molecular complexity index is 2010. The maximum Gasteiger partial charge on any atom is 0.145 e. The molecule has 5 nitrogen and oxygen atoms in total. The first-order valence-electron chi connectivity index (χ1n) is 10.2. The van der Waals surface area contributed by atoms with Crippen LogP contribution in [-0.4, -0.2) is 14.4 Å². The summed E-state index contributed by atoms with van der Waals surface area (Å²) in [5.74, 6) is 0. The predicted molar refractivity (Wildman–Crippen MR) is 123 cm³/mol. The second kappa shape index (κ2) is 5.21. The Hall–Kier alpha value is -4.38. The second-order valence-corrected chi connectivity index (χ2v) is 7.89. The summed E-state index contributed by atoms with van der Waals surface area (Å²) in [5, 5.41) is 7.59. The van der Waals surface area contributed by atoms with Gasteiger partial charge < -0.3 is 8.83 Å². The Balaban J connectivity index is 1.77. The van der Waals surface area contributed by atoms with E-state index in [1.807, 2.05) is 61.2 Å². The summed E-state index contributed by atoms with van der Waals surface area (Å²) in [6.45, 7) is 0. The molecule has 144 valence electrons. The largest absolute Gasteiger partial charge is 0.456 e. The summed E-state index contributed by atoms with van der Waals surface area (Å²) in [6.07, 6.45) is 7.60. The van der Waals surface area contributed by atoms with Crippen molar-refractivity contribution >= 4 is 71.2 Å². The van der Waals surface area contributed by atoms with Crippen LogP contribution in [0.4, 0.5) is 0 Å². The van der Waals surface area contributed by atoms with E-state index in [-0.39, 0.29) is 0 Å². The molecule has 0 bridgehead atoms. The van der Waals surface area contributed by atoms with Crippen molar-refractivity contribution in [1.82, 2.24) is 14.4 Å². The Labute approximate surface area is 174 Å². The van der Waals surface area contributed by atoms with E-state index in [1.54, 1.807) is 0 Å². The monoisotopic (exact) mass is 399 g/mol. The molecule has 0 aliphatic carbocycles. The van der Waals surface area contributed by atoms with Crippen LogP contribution in [-0.2, 0) is 0 Å². The van der Waals surface area contributed by atoms with E-state index in [2.05, 4.69) is 32.6 Å². The topological polar surface area (TPSA) is 56.5 Å². The standard InChI is InChI=1S/C26H13N3O2/c1-2-4-18-16(3-1)22-19(30-18)7-8-20-23(22)24-21(31-20)6-5-14-17-13-27-10-9-15(17)26-28-11-12-29(26)25(14)24/h1-13H. The van der Waals surface area contributed by atoms with Crippen LogP contribution < -0.4 is 0 Å². The van der Waals surface area contributed by atoms with Crippen molar-refractivity contribution in [2.24, 2.45) is 0 Å². The fourth-order valence-corrected chi connectivity index (χ4v) is 5.10. The lowest BCUT2D eigenvalue weighted by Crippen LogP contribution is -1.91. The number of furan rings is 2. The molecule has 0 radical (unpaired) electrons. The number of hydrogen-bond donors (Lipinski definition) is 0. The van der Waals surface area contributed by atoms with Crippen LogP contribution in [0.2, 0.25) is 0 Å². The quantitative estimate of drug-likeness (QED) is 0.262. The van der Waals surface area contributed by atoms with Gasteiger partial charge in [0.05, 0.1) is 10.9 Å². The molecule has 5 heterocycles. The Morgan fingerprint density at radius 2 is 1.42 bits per heavy atom. The van der Waals surface area contributed by atoms with Crippen molar-refractivity contribution in [1.29, 1.82) is 0 Å². The SMILES string of the molecule is c1ccc2c(c1)oc1ccc3oc4ccc5c6cnccc6c6nccn6c5c4c3c12. The minimum atomic E-state index is 0.846. The molecule has 31 heavy (non-hydrogen) atoms.